The molecule has 1 atom stereocenters. The lowest BCUT2D eigenvalue weighted by Gasteiger charge is -2.23. The van der Waals surface area contributed by atoms with E-state index in [2.05, 4.69) is 0 Å². The zero-order valence-electron chi connectivity index (χ0n) is 17.2. The Hall–Kier alpha value is -3.13. The van der Waals surface area contributed by atoms with Crippen LogP contribution in [0.2, 0.25) is 5.02 Å². The minimum absolute atomic E-state index is 0.206. The maximum Gasteiger partial charge on any atom is 0.331 e. The minimum Gasteiger partial charge on any atom is -0.489 e. The van der Waals surface area contributed by atoms with Crippen LogP contribution in [-0.2, 0) is 16.2 Å². The van der Waals surface area contributed by atoms with Gasteiger partial charge in [0.2, 0.25) is 0 Å². The maximum absolute atomic E-state index is 13.1. The number of halogens is 1. The molecule has 1 aliphatic rings. The molecule has 3 aromatic carbocycles. The van der Waals surface area contributed by atoms with Gasteiger partial charge in [-0.2, -0.15) is 0 Å². The number of hydrogen-bond acceptors (Lipinski definition) is 5. The van der Waals surface area contributed by atoms with Gasteiger partial charge in [-0.15, -0.1) is 0 Å². The molecular formula is C25H18ClNO4S2. The number of benzene rings is 3. The number of amides is 1. The molecule has 4 rings (SSSR count). The number of carboxylic acids is 1. The van der Waals surface area contributed by atoms with Crippen molar-refractivity contribution in [1.82, 2.24) is 4.90 Å². The quantitative estimate of drug-likeness (QED) is 0.323. The summed E-state index contributed by atoms with van der Waals surface area (Å²) in [5, 5.41) is 10.5. The summed E-state index contributed by atoms with van der Waals surface area (Å²) in [4.78, 5) is 26.6. The van der Waals surface area contributed by atoms with Gasteiger partial charge in [0.1, 0.15) is 16.7 Å². The summed E-state index contributed by atoms with van der Waals surface area (Å²) in [6.07, 6.45) is 1.69. The van der Waals surface area contributed by atoms with E-state index in [1.807, 2.05) is 36.4 Å². The Bertz CT molecular complexity index is 1230. The Morgan fingerprint density at radius 3 is 2.52 bits per heavy atom. The summed E-state index contributed by atoms with van der Waals surface area (Å²) in [6, 6.07) is 22.1. The highest BCUT2D eigenvalue weighted by Crippen LogP contribution is 2.38. The number of hydrogen-bond donors (Lipinski definition) is 1. The molecule has 0 aliphatic carbocycles. The highest BCUT2D eigenvalue weighted by molar-refractivity contribution is 8.26. The van der Waals surface area contributed by atoms with Crippen molar-refractivity contribution >= 4 is 57.9 Å². The van der Waals surface area contributed by atoms with Gasteiger partial charge < -0.3 is 9.84 Å². The van der Waals surface area contributed by atoms with E-state index in [9.17, 15) is 14.7 Å². The average Bonchev–Trinajstić information content (AvgIpc) is 3.07. The van der Waals surface area contributed by atoms with Crippen molar-refractivity contribution in [2.24, 2.45) is 0 Å². The molecular weight excluding hydrogens is 478 g/mol. The van der Waals surface area contributed by atoms with Crippen molar-refractivity contribution in [2.75, 3.05) is 0 Å². The first-order valence-electron chi connectivity index (χ1n) is 9.94. The summed E-state index contributed by atoms with van der Waals surface area (Å²) in [5.41, 5.74) is 2.21. The highest BCUT2D eigenvalue weighted by atomic mass is 35.5. The minimum atomic E-state index is -1.18. The first-order valence-corrected chi connectivity index (χ1v) is 11.5. The molecule has 1 N–H and O–H groups in total. The number of carbonyl (C=O) groups excluding carboxylic acids is 1. The van der Waals surface area contributed by atoms with Crippen molar-refractivity contribution < 1.29 is 19.4 Å². The van der Waals surface area contributed by atoms with Crippen molar-refractivity contribution in [3.05, 3.63) is 105 Å². The molecule has 0 saturated carbocycles. The van der Waals surface area contributed by atoms with Crippen molar-refractivity contribution in [1.29, 1.82) is 0 Å². The lowest BCUT2D eigenvalue weighted by molar-refractivity contribution is -0.145. The van der Waals surface area contributed by atoms with E-state index in [4.69, 9.17) is 28.6 Å². The molecule has 0 unspecified atom stereocenters. The summed E-state index contributed by atoms with van der Waals surface area (Å²) in [5.74, 6) is -0.938. The predicted molar refractivity (Wildman–Crippen MR) is 134 cm³/mol. The van der Waals surface area contributed by atoms with E-state index in [-0.39, 0.29) is 4.32 Å². The molecule has 8 heteroatoms. The summed E-state index contributed by atoms with van der Waals surface area (Å²) < 4.78 is 6.06. The number of ether oxygens (including phenoxy) is 1. The Labute approximate surface area is 205 Å². The smallest absolute Gasteiger partial charge is 0.331 e. The van der Waals surface area contributed by atoms with E-state index < -0.39 is 17.9 Å². The Kier molecular flexibility index (Phi) is 7.13. The summed E-state index contributed by atoms with van der Waals surface area (Å²) in [7, 11) is 0. The van der Waals surface area contributed by atoms with Crippen LogP contribution in [0, 0.1) is 0 Å². The second kappa shape index (κ2) is 10.2. The molecule has 166 valence electrons. The van der Waals surface area contributed by atoms with Gasteiger partial charge in [-0.1, -0.05) is 90.2 Å². The van der Waals surface area contributed by atoms with Crippen LogP contribution in [0.3, 0.4) is 0 Å². The fourth-order valence-electron chi connectivity index (χ4n) is 3.33. The molecule has 1 saturated heterocycles. The first kappa shape index (κ1) is 23.0. The Morgan fingerprint density at radius 1 is 1.09 bits per heavy atom. The predicted octanol–water partition coefficient (Wildman–Crippen LogP) is 5.95. The third-order valence-corrected chi connectivity index (χ3v) is 6.49. The number of rotatable bonds is 7. The monoisotopic (exact) mass is 495 g/mol. The van der Waals surface area contributed by atoms with E-state index in [1.54, 1.807) is 48.5 Å². The van der Waals surface area contributed by atoms with Crippen LogP contribution in [0.15, 0.2) is 83.8 Å². The van der Waals surface area contributed by atoms with E-state index in [1.165, 1.54) is 0 Å². The van der Waals surface area contributed by atoms with Gasteiger partial charge in [-0.25, -0.2) is 4.79 Å². The Morgan fingerprint density at radius 2 is 1.82 bits per heavy atom. The molecule has 1 fully saturated rings. The van der Waals surface area contributed by atoms with Crippen molar-refractivity contribution in [3.63, 3.8) is 0 Å². The molecule has 1 aliphatic heterocycles. The van der Waals surface area contributed by atoms with Crippen LogP contribution in [0.4, 0.5) is 0 Å². The SMILES string of the molecule is O=C(O)[C@H](c1ccccc1)N1C(=O)/C(=C/c2cccc(OCc3ccc(Cl)cc3)c2)SC1=S. The standard InChI is InChI=1S/C25H18ClNO4S2/c26-19-11-9-16(10-12-19)15-31-20-8-4-5-17(13-20)14-21-23(28)27(25(32)33-21)22(24(29)30)18-6-2-1-3-7-18/h1-14,22H,15H2,(H,29,30)/b21-14-/t22-/m0/s1. The number of carboxylic acid groups (broad SMARTS) is 1. The summed E-state index contributed by atoms with van der Waals surface area (Å²) >= 11 is 12.4. The van der Waals surface area contributed by atoms with Crippen LogP contribution >= 0.6 is 35.6 Å². The molecule has 3 aromatic rings. The molecule has 1 amide bonds. The zero-order chi connectivity index (χ0) is 23.4. The fourth-order valence-corrected chi connectivity index (χ4v) is 4.77. The lowest BCUT2D eigenvalue weighted by atomic mass is 10.1. The largest absolute Gasteiger partial charge is 0.489 e. The molecule has 0 spiro atoms. The van der Waals surface area contributed by atoms with Crippen LogP contribution in [0.1, 0.15) is 22.7 Å². The van der Waals surface area contributed by atoms with Gasteiger partial charge in [0, 0.05) is 5.02 Å². The van der Waals surface area contributed by atoms with Crippen LogP contribution in [0.5, 0.6) is 5.75 Å². The number of aliphatic carboxylic acids is 1. The van der Waals surface area contributed by atoms with Crippen molar-refractivity contribution in [3.8, 4) is 5.75 Å². The second-order valence-electron chi connectivity index (χ2n) is 7.19. The van der Waals surface area contributed by atoms with Gasteiger partial charge in [0.25, 0.3) is 5.91 Å². The molecule has 0 aromatic heterocycles. The van der Waals surface area contributed by atoms with Crippen LogP contribution in [-0.4, -0.2) is 26.2 Å². The molecule has 33 heavy (non-hydrogen) atoms. The third kappa shape index (κ3) is 5.45. The van der Waals surface area contributed by atoms with E-state index in [0.29, 0.717) is 27.8 Å². The number of carbonyl (C=O) groups is 2. The maximum atomic E-state index is 13.1. The van der Waals surface area contributed by atoms with E-state index >= 15 is 0 Å². The van der Waals surface area contributed by atoms with Crippen LogP contribution < -0.4 is 4.74 Å². The number of thioether (sulfide) groups is 1. The first-order chi connectivity index (χ1) is 15.9. The second-order valence-corrected chi connectivity index (χ2v) is 9.30. The van der Waals surface area contributed by atoms with Gasteiger partial charge in [-0.05, 0) is 47.0 Å². The number of nitrogens with zero attached hydrogens (tertiary/aromatic N) is 1. The normalized spacial score (nSPS) is 15.7. The Balaban J connectivity index is 1.53. The van der Waals surface area contributed by atoms with Gasteiger partial charge in [-0.3, -0.25) is 9.69 Å². The summed E-state index contributed by atoms with van der Waals surface area (Å²) in [6.45, 7) is 0.375. The van der Waals surface area contributed by atoms with Crippen molar-refractivity contribution in [2.45, 2.75) is 12.6 Å². The zero-order valence-corrected chi connectivity index (χ0v) is 19.6. The average molecular weight is 496 g/mol. The third-order valence-electron chi connectivity index (χ3n) is 4.91. The van der Waals surface area contributed by atoms with Gasteiger partial charge >= 0.3 is 5.97 Å². The van der Waals surface area contributed by atoms with E-state index in [0.717, 1.165) is 27.8 Å². The molecule has 0 bridgehead atoms. The lowest BCUT2D eigenvalue weighted by Crippen LogP contribution is -2.37. The molecule has 0 radical (unpaired) electrons. The fraction of sp³-hybridized carbons (Fsp3) is 0.0800. The highest BCUT2D eigenvalue weighted by Gasteiger charge is 2.41. The van der Waals surface area contributed by atoms with Gasteiger partial charge in [0.15, 0.2) is 6.04 Å². The molecule has 5 nitrogen and oxygen atoms in total. The number of thiocarbonyl (C=S) groups is 1. The van der Waals surface area contributed by atoms with Crippen LogP contribution in [0.25, 0.3) is 6.08 Å². The van der Waals surface area contributed by atoms with Gasteiger partial charge in [0.05, 0.1) is 4.91 Å². The molecule has 1 heterocycles. The topological polar surface area (TPSA) is 66.8 Å².